The SMILES string of the molecule is Cc1c([N+](=O)[O-])cc(S(=O)(=O)Nc2ccc(Oc3ccc(-n4ccnc4)nn3)cc2)cc1[N+](=O)[O-]. The van der Waals surface area contributed by atoms with Crippen molar-refractivity contribution in [3.63, 3.8) is 0 Å². The molecule has 2 heterocycles. The summed E-state index contributed by atoms with van der Waals surface area (Å²) < 4.78 is 35.0. The lowest BCUT2D eigenvalue weighted by molar-refractivity contribution is -0.395. The zero-order valence-corrected chi connectivity index (χ0v) is 18.6. The highest BCUT2D eigenvalue weighted by molar-refractivity contribution is 7.92. The smallest absolute Gasteiger partial charge is 0.280 e. The zero-order valence-electron chi connectivity index (χ0n) is 17.8. The minimum atomic E-state index is -4.37. The van der Waals surface area contributed by atoms with Crippen LogP contribution in [0.15, 0.2) is 72.1 Å². The maximum atomic E-state index is 12.8. The first-order valence-corrected chi connectivity index (χ1v) is 11.2. The second-order valence-corrected chi connectivity index (χ2v) is 8.71. The molecule has 0 atom stereocenters. The van der Waals surface area contributed by atoms with Gasteiger partial charge in [-0.25, -0.2) is 13.4 Å². The normalized spacial score (nSPS) is 11.1. The summed E-state index contributed by atoms with van der Waals surface area (Å²) in [5, 5.41) is 30.5. The zero-order chi connectivity index (χ0) is 25.2. The standard InChI is InChI=1S/C20H15N7O7S/c1-13-17(26(28)29)10-16(11-18(13)27(30)31)35(32,33)24-14-2-4-15(5-3-14)34-20-7-6-19(22-23-20)25-9-8-21-12-25/h2-12,24H,1H3. The molecule has 0 aliphatic carbocycles. The van der Waals surface area contributed by atoms with Gasteiger partial charge in [0.15, 0.2) is 5.82 Å². The minimum Gasteiger partial charge on any atom is -0.438 e. The lowest BCUT2D eigenvalue weighted by atomic mass is 10.1. The van der Waals surface area contributed by atoms with Crippen LogP contribution in [0.4, 0.5) is 17.1 Å². The molecule has 0 fully saturated rings. The summed E-state index contributed by atoms with van der Waals surface area (Å²) in [4.78, 5) is 24.0. The number of ether oxygens (including phenoxy) is 1. The second-order valence-electron chi connectivity index (χ2n) is 7.03. The van der Waals surface area contributed by atoms with E-state index in [0.717, 1.165) is 12.1 Å². The molecule has 0 radical (unpaired) electrons. The summed E-state index contributed by atoms with van der Waals surface area (Å²) in [6, 6.07) is 10.5. The molecule has 0 unspecified atom stereocenters. The van der Waals surface area contributed by atoms with E-state index in [-0.39, 0.29) is 17.1 Å². The van der Waals surface area contributed by atoms with Crippen LogP contribution in [0.1, 0.15) is 5.56 Å². The highest BCUT2D eigenvalue weighted by atomic mass is 32.2. The van der Waals surface area contributed by atoms with E-state index < -0.39 is 36.1 Å². The van der Waals surface area contributed by atoms with Gasteiger partial charge in [0.1, 0.15) is 22.5 Å². The Morgan fingerprint density at radius 2 is 1.63 bits per heavy atom. The van der Waals surface area contributed by atoms with Gasteiger partial charge in [0.2, 0.25) is 5.88 Å². The molecule has 2 aromatic carbocycles. The Hall–Kier alpha value is -4.92. The van der Waals surface area contributed by atoms with E-state index in [9.17, 15) is 28.6 Å². The number of aromatic nitrogens is 4. The Morgan fingerprint density at radius 3 is 2.14 bits per heavy atom. The van der Waals surface area contributed by atoms with E-state index in [0.29, 0.717) is 11.6 Å². The van der Waals surface area contributed by atoms with E-state index in [2.05, 4.69) is 19.9 Å². The first-order valence-electron chi connectivity index (χ1n) is 9.70. The van der Waals surface area contributed by atoms with Crippen molar-refractivity contribution in [1.29, 1.82) is 0 Å². The van der Waals surface area contributed by atoms with Gasteiger partial charge >= 0.3 is 0 Å². The fourth-order valence-electron chi connectivity index (χ4n) is 3.02. The third kappa shape index (κ3) is 5.03. The van der Waals surface area contributed by atoms with Gasteiger partial charge in [0.25, 0.3) is 21.4 Å². The van der Waals surface area contributed by atoms with Gasteiger partial charge in [-0.2, -0.15) is 0 Å². The van der Waals surface area contributed by atoms with Crippen LogP contribution >= 0.6 is 0 Å². The summed E-state index contributed by atoms with van der Waals surface area (Å²) in [5.74, 6) is 1.07. The van der Waals surface area contributed by atoms with Crippen molar-refractivity contribution < 1.29 is 23.0 Å². The summed E-state index contributed by atoms with van der Waals surface area (Å²) in [7, 11) is -4.37. The van der Waals surface area contributed by atoms with Gasteiger partial charge in [-0.3, -0.25) is 29.5 Å². The highest BCUT2D eigenvalue weighted by Gasteiger charge is 2.28. The summed E-state index contributed by atoms with van der Waals surface area (Å²) >= 11 is 0. The Kier molecular flexibility index (Phi) is 6.07. The summed E-state index contributed by atoms with van der Waals surface area (Å²) in [6.07, 6.45) is 4.87. The van der Waals surface area contributed by atoms with Crippen molar-refractivity contribution in [2.24, 2.45) is 0 Å². The second kappa shape index (κ2) is 9.14. The van der Waals surface area contributed by atoms with Gasteiger partial charge in [-0.1, -0.05) is 0 Å². The monoisotopic (exact) mass is 497 g/mol. The quantitative estimate of drug-likeness (QED) is 0.279. The molecule has 0 saturated heterocycles. The molecule has 0 spiro atoms. The maximum absolute atomic E-state index is 12.8. The van der Waals surface area contributed by atoms with Crippen molar-refractivity contribution in [2.75, 3.05) is 4.72 Å². The van der Waals surface area contributed by atoms with Crippen LogP contribution in [0.3, 0.4) is 0 Å². The van der Waals surface area contributed by atoms with Gasteiger partial charge < -0.3 is 4.74 Å². The van der Waals surface area contributed by atoms with Gasteiger partial charge in [-0.15, -0.1) is 10.2 Å². The number of imidazole rings is 1. The van der Waals surface area contributed by atoms with Gasteiger partial charge in [0.05, 0.1) is 9.85 Å². The topological polar surface area (TPSA) is 185 Å². The first kappa shape index (κ1) is 23.2. The molecule has 0 amide bonds. The van der Waals surface area contributed by atoms with Crippen molar-refractivity contribution in [1.82, 2.24) is 19.7 Å². The number of anilines is 1. The number of hydrogen-bond acceptors (Lipinski definition) is 10. The maximum Gasteiger partial charge on any atom is 0.280 e. The number of hydrogen-bond donors (Lipinski definition) is 1. The fraction of sp³-hybridized carbons (Fsp3) is 0.0500. The lowest BCUT2D eigenvalue weighted by Crippen LogP contribution is -2.14. The van der Waals surface area contributed by atoms with Crippen molar-refractivity contribution in [3.05, 3.63) is 93.0 Å². The number of nitrogens with zero attached hydrogens (tertiary/aromatic N) is 6. The molecule has 2 aromatic heterocycles. The van der Waals surface area contributed by atoms with E-state index in [4.69, 9.17) is 4.74 Å². The molecule has 15 heteroatoms. The molecule has 0 aliphatic rings. The number of sulfonamides is 1. The Bertz CT molecular complexity index is 1470. The number of nitrogens with one attached hydrogen (secondary N) is 1. The fourth-order valence-corrected chi connectivity index (χ4v) is 4.12. The lowest BCUT2D eigenvalue weighted by Gasteiger charge is -2.10. The number of rotatable bonds is 8. The summed E-state index contributed by atoms with van der Waals surface area (Å²) in [5.41, 5.74) is -1.50. The number of benzene rings is 2. The number of nitro benzene ring substituents is 2. The number of nitro groups is 2. The Morgan fingerprint density at radius 1 is 0.971 bits per heavy atom. The van der Waals surface area contributed by atoms with E-state index in [1.54, 1.807) is 35.4 Å². The van der Waals surface area contributed by atoms with Crippen LogP contribution in [-0.2, 0) is 10.0 Å². The largest absolute Gasteiger partial charge is 0.438 e. The molecule has 4 aromatic rings. The molecule has 0 aliphatic heterocycles. The minimum absolute atomic E-state index is 0.102. The third-order valence-electron chi connectivity index (χ3n) is 4.75. The molecular weight excluding hydrogens is 482 g/mol. The third-order valence-corrected chi connectivity index (χ3v) is 6.11. The Balaban J connectivity index is 1.51. The molecule has 4 rings (SSSR count). The molecule has 0 bridgehead atoms. The average Bonchev–Trinajstić information content (AvgIpc) is 3.35. The molecule has 35 heavy (non-hydrogen) atoms. The molecule has 0 saturated carbocycles. The average molecular weight is 497 g/mol. The van der Waals surface area contributed by atoms with Gasteiger partial charge in [-0.05, 0) is 37.3 Å². The van der Waals surface area contributed by atoms with Crippen LogP contribution < -0.4 is 9.46 Å². The van der Waals surface area contributed by atoms with E-state index in [1.807, 2.05) is 0 Å². The van der Waals surface area contributed by atoms with Gasteiger partial charge in [0, 0.05) is 36.3 Å². The van der Waals surface area contributed by atoms with Crippen LogP contribution in [0.2, 0.25) is 0 Å². The van der Waals surface area contributed by atoms with E-state index in [1.165, 1.54) is 31.2 Å². The molecule has 178 valence electrons. The van der Waals surface area contributed by atoms with Crippen molar-refractivity contribution in [2.45, 2.75) is 11.8 Å². The molecule has 1 N–H and O–H groups in total. The van der Waals surface area contributed by atoms with Crippen molar-refractivity contribution in [3.8, 4) is 17.4 Å². The van der Waals surface area contributed by atoms with Crippen LogP contribution in [0, 0.1) is 27.2 Å². The van der Waals surface area contributed by atoms with E-state index >= 15 is 0 Å². The van der Waals surface area contributed by atoms with Crippen LogP contribution in [0.5, 0.6) is 11.6 Å². The predicted molar refractivity (Wildman–Crippen MR) is 121 cm³/mol. The van der Waals surface area contributed by atoms with Crippen LogP contribution in [0.25, 0.3) is 5.82 Å². The molecule has 14 nitrogen and oxygen atoms in total. The van der Waals surface area contributed by atoms with Crippen molar-refractivity contribution >= 4 is 27.1 Å². The van der Waals surface area contributed by atoms with Crippen LogP contribution in [-0.4, -0.2) is 38.0 Å². The first-order chi connectivity index (χ1) is 16.6. The highest BCUT2D eigenvalue weighted by Crippen LogP contribution is 2.32. The molecular formula is C20H15N7O7S. The predicted octanol–water partition coefficient (Wildman–Crippen LogP) is 3.38. The Labute approximate surface area is 197 Å². The summed E-state index contributed by atoms with van der Waals surface area (Å²) in [6.45, 7) is 1.18.